The monoisotopic (exact) mass is 271 g/mol. The van der Waals surface area contributed by atoms with Crippen LogP contribution in [0.15, 0.2) is 23.5 Å². The third-order valence-corrected chi connectivity index (χ3v) is 2.48. The van der Waals surface area contributed by atoms with Crippen molar-refractivity contribution in [3.05, 3.63) is 24.0 Å². The second-order valence-corrected chi connectivity index (χ2v) is 3.79. The molecule has 0 bridgehead atoms. The van der Waals surface area contributed by atoms with Crippen LogP contribution in [0.3, 0.4) is 0 Å². The summed E-state index contributed by atoms with van der Waals surface area (Å²) < 4.78 is 17.4. The maximum atomic E-state index is 8.64. The number of oxime groups is 1. The van der Waals surface area contributed by atoms with Crippen molar-refractivity contribution in [2.24, 2.45) is 10.9 Å². The van der Waals surface area contributed by atoms with E-state index in [1.165, 1.54) is 0 Å². The smallest absolute Gasteiger partial charge is 0.186 e. The maximum Gasteiger partial charge on any atom is 0.186 e. The van der Waals surface area contributed by atoms with Gasteiger partial charge >= 0.3 is 0 Å². The Labute approximate surface area is 112 Å². The average molecular weight is 271 g/mol. The van der Waals surface area contributed by atoms with Crippen molar-refractivity contribution in [2.75, 3.05) is 40.1 Å². The standard InChI is InChI=1S/C12H21N3O4/c1-17-7-8-19-10-9-18-6-5-15-4-2-3-11(15)12(13)14-16/h2-4,16H,5-10H2,1H3,(H2,13,14). The van der Waals surface area contributed by atoms with Gasteiger partial charge in [-0.15, -0.1) is 0 Å². The predicted octanol–water partition coefficient (Wildman–Crippen LogP) is 0.262. The molecule has 0 radical (unpaired) electrons. The van der Waals surface area contributed by atoms with Gasteiger partial charge in [-0.25, -0.2) is 0 Å². The minimum absolute atomic E-state index is 0.0906. The van der Waals surface area contributed by atoms with Crippen molar-refractivity contribution in [1.82, 2.24) is 4.57 Å². The lowest BCUT2D eigenvalue weighted by Gasteiger charge is -2.09. The molecule has 0 aliphatic heterocycles. The fourth-order valence-corrected chi connectivity index (χ4v) is 1.52. The molecule has 0 saturated heterocycles. The summed E-state index contributed by atoms with van der Waals surface area (Å²) in [5.41, 5.74) is 6.21. The molecule has 0 aromatic carbocycles. The lowest BCUT2D eigenvalue weighted by Crippen LogP contribution is -2.20. The molecule has 0 aliphatic rings. The second kappa shape index (κ2) is 9.37. The molecule has 108 valence electrons. The second-order valence-electron chi connectivity index (χ2n) is 3.79. The highest BCUT2D eigenvalue weighted by Gasteiger charge is 2.04. The van der Waals surface area contributed by atoms with Crippen molar-refractivity contribution in [3.63, 3.8) is 0 Å². The van der Waals surface area contributed by atoms with E-state index in [2.05, 4.69) is 5.16 Å². The molecule has 0 saturated carbocycles. The van der Waals surface area contributed by atoms with E-state index in [-0.39, 0.29) is 5.84 Å². The van der Waals surface area contributed by atoms with Crippen molar-refractivity contribution in [1.29, 1.82) is 0 Å². The lowest BCUT2D eigenvalue weighted by molar-refractivity contribution is 0.0230. The number of hydrogen-bond donors (Lipinski definition) is 2. The van der Waals surface area contributed by atoms with Crippen LogP contribution in [0.25, 0.3) is 0 Å². The average Bonchev–Trinajstić information content (AvgIpc) is 2.89. The van der Waals surface area contributed by atoms with Crippen LogP contribution in [0, 0.1) is 0 Å². The summed E-state index contributed by atoms with van der Waals surface area (Å²) in [6.45, 7) is 3.41. The molecule has 19 heavy (non-hydrogen) atoms. The van der Waals surface area contributed by atoms with Gasteiger partial charge in [0.05, 0.1) is 38.7 Å². The molecule has 0 fully saturated rings. The lowest BCUT2D eigenvalue weighted by atomic mass is 10.4. The Morgan fingerprint density at radius 3 is 2.63 bits per heavy atom. The van der Waals surface area contributed by atoms with E-state index in [9.17, 15) is 0 Å². The van der Waals surface area contributed by atoms with Gasteiger partial charge in [-0.3, -0.25) is 0 Å². The summed E-state index contributed by atoms with van der Waals surface area (Å²) in [7, 11) is 1.63. The largest absolute Gasteiger partial charge is 0.409 e. The molecule has 1 aromatic rings. The minimum atomic E-state index is 0.0906. The van der Waals surface area contributed by atoms with E-state index < -0.39 is 0 Å². The Hall–Kier alpha value is -1.57. The molecule has 1 heterocycles. The number of nitrogens with zero attached hydrogens (tertiary/aromatic N) is 2. The highest BCUT2D eigenvalue weighted by atomic mass is 16.5. The van der Waals surface area contributed by atoms with E-state index in [0.717, 1.165) is 0 Å². The summed E-state index contributed by atoms with van der Waals surface area (Å²) >= 11 is 0. The molecule has 1 aromatic heterocycles. The molecular weight excluding hydrogens is 250 g/mol. The Bertz CT molecular complexity index is 379. The summed E-state index contributed by atoms with van der Waals surface area (Å²) in [6, 6.07) is 3.62. The first kappa shape index (κ1) is 15.5. The Balaban J connectivity index is 2.14. The van der Waals surface area contributed by atoms with Gasteiger partial charge in [0.2, 0.25) is 0 Å². The summed E-state index contributed by atoms with van der Waals surface area (Å²) in [4.78, 5) is 0. The van der Waals surface area contributed by atoms with Gasteiger partial charge in [0.1, 0.15) is 0 Å². The van der Waals surface area contributed by atoms with Gasteiger partial charge in [-0.2, -0.15) is 0 Å². The molecular formula is C12H21N3O4. The van der Waals surface area contributed by atoms with Gasteiger partial charge in [0.25, 0.3) is 0 Å². The third kappa shape index (κ3) is 5.73. The number of hydrogen-bond acceptors (Lipinski definition) is 5. The zero-order valence-electron chi connectivity index (χ0n) is 11.1. The van der Waals surface area contributed by atoms with E-state index in [0.29, 0.717) is 45.3 Å². The van der Waals surface area contributed by atoms with Crippen LogP contribution < -0.4 is 5.73 Å². The number of rotatable bonds is 10. The zero-order valence-corrected chi connectivity index (χ0v) is 11.1. The van der Waals surface area contributed by atoms with Crippen LogP contribution in [0.2, 0.25) is 0 Å². The third-order valence-electron chi connectivity index (χ3n) is 2.48. The molecule has 0 aliphatic carbocycles. The van der Waals surface area contributed by atoms with Crippen molar-refractivity contribution in [2.45, 2.75) is 6.54 Å². The summed E-state index contributed by atoms with van der Waals surface area (Å²) in [6.07, 6.45) is 1.85. The molecule has 7 nitrogen and oxygen atoms in total. The van der Waals surface area contributed by atoms with Gasteiger partial charge in [-0.05, 0) is 12.1 Å². The van der Waals surface area contributed by atoms with Gasteiger partial charge < -0.3 is 29.7 Å². The number of aromatic nitrogens is 1. The Morgan fingerprint density at radius 2 is 1.95 bits per heavy atom. The number of amidine groups is 1. The number of ether oxygens (including phenoxy) is 3. The van der Waals surface area contributed by atoms with Crippen LogP contribution >= 0.6 is 0 Å². The van der Waals surface area contributed by atoms with Crippen LogP contribution in [-0.4, -0.2) is 55.8 Å². The summed E-state index contributed by atoms with van der Waals surface area (Å²) in [5, 5.41) is 11.6. The van der Waals surface area contributed by atoms with Crippen molar-refractivity contribution < 1.29 is 19.4 Å². The van der Waals surface area contributed by atoms with Crippen LogP contribution in [-0.2, 0) is 20.8 Å². The topological polar surface area (TPSA) is 91.2 Å². The van der Waals surface area contributed by atoms with Crippen molar-refractivity contribution >= 4 is 5.84 Å². The first-order valence-corrected chi connectivity index (χ1v) is 6.07. The molecule has 7 heteroatoms. The van der Waals surface area contributed by atoms with Gasteiger partial charge in [0.15, 0.2) is 5.84 Å². The molecule has 0 amide bonds. The first-order valence-electron chi connectivity index (χ1n) is 6.07. The molecule has 0 spiro atoms. The highest BCUT2D eigenvalue weighted by Crippen LogP contribution is 2.01. The normalized spacial score (nSPS) is 11.9. The molecule has 3 N–H and O–H groups in total. The maximum absolute atomic E-state index is 8.64. The minimum Gasteiger partial charge on any atom is -0.409 e. The zero-order chi connectivity index (χ0) is 13.9. The Morgan fingerprint density at radius 1 is 1.26 bits per heavy atom. The summed E-state index contributed by atoms with van der Waals surface area (Å²) in [5.74, 6) is 0.0906. The molecule has 1 rings (SSSR count). The Kier molecular flexibility index (Phi) is 7.64. The van der Waals surface area contributed by atoms with Crippen LogP contribution in [0.4, 0.5) is 0 Å². The van der Waals surface area contributed by atoms with Crippen molar-refractivity contribution in [3.8, 4) is 0 Å². The number of methoxy groups -OCH3 is 1. The highest BCUT2D eigenvalue weighted by molar-refractivity contribution is 5.95. The molecule has 0 atom stereocenters. The fraction of sp³-hybridized carbons (Fsp3) is 0.583. The first-order chi connectivity index (χ1) is 9.29. The van der Waals surface area contributed by atoms with E-state index in [4.69, 9.17) is 25.2 Å². The van der Waals surface area contributed by atoms with Crippen LogP contribution in [0.1, 0.15) is 5.69 Å². The van der Waals surface area contributed by atoms with E-state index in [1.54, 1.807) is 13.2 Å². The van der Waals surface area contributed by atoms with Gasteiger partial charge in [-0.1, -0.05) is 5.16 Å². The SMILES string of the molecule is COCCOCCOCCn1cccc1/C(N)=N/O. The quantitative estimate of drug-likeness (QED) is 0.209. The van der Waals surface area contributed by atoms with Gasteiger partial charge in [0, 0.05) is 19.9 Å². The number of nitrogens with two attached hydrogens (primary N) is 1. The molecule has 0 unspecified atom stereocenters. The predicted molar refractivity (Wildman–Crippen MR) is 70.5 cm³/mol. The van der Waals surface area contributed by atoms with E-state index in [1.807, 2.05) is 16.8 Å². The fourth-order valence-electron chi connectivity index (χ4n) is 1.52. The van der Waals surface area contributed by atoms with Crippen LogP contribution in [0.5, 0.6) is 0 Å². The van der Waals surface area contributed by atoms with E-state index >= 15 is 0 Å².